The normalized spacial score (nSPS) is 20.3. The lowest BCUT2D eigenvalue weighted by Gasteiger charge is -2.32. The van der Waals surface area contributed by atoms with Gasteiger partial charge < -0.3 is 19.4 Å². The third-order valence-electron chi connectivity index (χ3n) is 5.20. The minimum Gasteiger partial charge on any atom is -0.489 e. The molecule has 0 saturated carbocycles. The number of amides is 1. The lowest BCUT2D eigenvalue weighted by Crippen LogP contribution is -2.49. The Bertz CT molecular complexity index is 731. The van der Waals surface area contributed by atoms with Crippen molar-refractivity contribution in [3.05, 3.63) is 54.0 Å². The van der Waals surface area contributed by atoms with Crippen LogP contribution in [0.5, 0.6) is 5.75 Å². The number of halogens is 1. The topological polar surface area (TPSA) is 58.0 Å². The van der Waals surface area contributed by atoms with Crippen molar-refractivity contribution in [1.82, 2.24) is 15.1 Å². The number of benzene rings is 1. The largest absolute Gasteiger partial charge is 0.489 e. The SMILES string of the molecule is Cl.O=C(c1occc1COc1ccccc1)N1CCC(N2CCNCC2)C1. The molecule has 3 heterocycles. The van der Waals surface area contributed by atoms with Gasteiger partial charge in [0.25, 0.3) is 5.91 Å². The molecule has 6 nitrogen and oxygen atoms in total. The van der Waals surface area contributed by atoms with Gasteiger partial charge in [0, 0.05) is 50.9 Å². The smallest absolute Gasteiger partial charge is 0.290 e. The van der Waals surface area contributed by atoms with Crippen molar-refractivity contribution in [2.24, 2.45) is 0 Å². The van der Waals surface area contributed by atoms with E-state index in [1.165, 1.54) is 0 Å². The number of nitrogens with one attached hydrogen (secondary N) is 1. The van der Waals surface area contributed by atoms with Crippen molar-refractivity contribution in [1.29, 1.82) is 0 Å². The minimum atomic E-state index is -0.0284. The average Bonchev–Trinajstić information content (AvgIpc) is 3.37. The molecule has 1 unspecified atom stereocenters. The fourth-order valence-corrected chi connectivity index (χ4v) is 3.73. The molecule has 1 amide bonds. The van der Waals surface area contributed by atoms with Gasteiger partial charge in [0.1, 0.15) is 12.4 Å². The highest BCUT2D eigenvalue weighted by molar-refractivity contribution is 5.93. The van der Waals surface area contributed by atoms with Gasteiger partial charge in [-0.3, -0.25) is 9.69 Å². The molecule has 2 aromatic rings. The number of furan rings is 1. The number of ether oxygens (including phenoxy) is 1. The summed E-state index contributed by atoms with van der Waals surface area (Å²) in [5.74, 6) is 1.16. The van der Waals surface area contributed by atoms with E-state index < -0.39 is 0 Å². The summed E-state index contributed by atoms with van der Waals surface area (Å²) in [5.41, 5.74) is 0.796. The van der Waals surface area contributed by atoms with Crippen LogP contribution in [0.25, 0.3) is 0 Å². The standard InChI is InChI=1S/C20H25N3O3.ClH/c24-20(23-10-6-17(14-23)22-11-8-21-9-12-22)19-16(7-13-25-19)15-26-18-4-2-1-3-5-18;/h1-5,7,13,17,21H,6,8-12,14-15H2;1H. The maximum atomic E-state index is 12.9. The molecule has 0 aliphatic carbocycles. The molecular formula is C20H26ClN3O3. The molecule has 4 rings (SSSR count). The molecule has 2 aliphatic rings. The highest BCUT2D eigenvalue weighted by Gasteiger charge is 2.33. The van der Waals surface area contributed by atoms with E-state index in [4.69, 9.17) is 9.15 Å². The van der Waals surface area contributed by atoms with Crippen LogP contribution in [0.3, 0.4) is 0 Å². The molecule has 1 aromatic heterocycles. The molecule has 2 saturated heterocycles. The molecule has 27 heavy (non-hydrogen) atoms. The molecule has 146 valence electrons. The van der Waals surface area contributed by atoms with Crippen molar-refractivity contribution >= 4 is 18.3 Å². The van der Waals surface area contributed by atoms with Gasteiger partial charge in [0.2, 0.25) is 0 Å². The Kier molecular flexibility index (Phi) is 6.77. The van der Waals surface area contributed by atoms with E-state index in [1.807, 2.05) is 41.3 Å². The predicted molar refractivity (Wildman–Crippen MR) is 105 cm³/mol. The molecule has 1 aromatic carbocycles. The van der Waals surface area contributed by atoms with E-state index in [2.05, 4.69) is 10.2 Å². The zero-order chi connectivity index (χ0) is 17.8. The van der Waals surface area contributed by atoms with Gasteiger partial charge in [-0.05, 0) is 24.6 Å². The summed E-state index contributed by atoms with van der Waals surface area (Å²) in [6.07, 6.45) is 2.60. The van der Waals surface area contributed by atoms with Crippen molar-refractivity contribution in [2.75, 3.05) is 39.3 Å². The number of likely N-dealkylation sites (tertiary alicyclic amines) is 1. The third-order valence-corrected chi connectivity index (χ3v) is 5.20. The fraction of sp³-hybridized carbons (Fsp3) is 0.450. The number of hydrogen-bond acceptors (Lipinski definition) is 5. The van der Waals surface area contributed by atoms with Gasteiger partial charge >= 0.3 is 0 Å². The minimum absolute atomic E-state index is 0. The Morgan fingerprint density at radius 2 is 1.93 bits per heavy atom. The van der Waals surface area contributed by atoms with Gasteiger partial charge in [0.15, 0.2) is 5.76 Å². The summed E-state index contributed by atoms with van der Waals surface area (Å²) >= 11 is 0. The van der Waals surface area contributed by atoms with E-state index in [0.29, 0.717) is 18.4 Å². The predicted octanol–water partition coefficient (Wildman–Crippen LogP) is 2.40. The first-order valence-electron chi connectivity index (χ1n) is 9.29. The lowest BCUT2D eigenvalue weighted by atomic mass is 10.2. The third kappa shape index (κ3) is 4.64. The fourth-order valence-electron chi connectivity index (χ4n) is 3.73. The summed E-state index contributed by atoms with van der Waals surface area (Å²) in [6, 6.07) is 11.9. The molecule has 0 spiro atoms. The van der Waals surface area contributed by atoms with Gasteiger partial charge in [-0.2, -0.15) is 0 Å². The molecular weight excluding hydrogens is 366 g/mol. The van der Waals surface area contributed by atoms with E-state index in [-0.39, 0.29) is 18.3 Å². The summed E-state index contributed by atoms with van der Waals surface area (Å²) in [7, 11) is 0. The van der Waals surface area contributed by atoms with Crippen molar-refractivity contribution in [3.8, 4) is 5.75 Å². The van der Waals surface area contributed by atoms with Crippen LogP contribution in [0.15, 0.2) is 47.1 Å². The van der Waals surface area contributed by atoms with Crippen LogP contribution >= 0.6 is 12.4 Å². The van der Waals surface area contributed by atoms with Crippen LogP contribution in [0.1, 0.15) is 22.5 Å². The molecule has 1 N–H and O–H groups in total. The van der Waals surface area contributed by atoms with Crippen molar-refractivity contribution < 1.29 is 13.9 Å². The van der Waals surface area contributed by atoms with Crippen LogP contribution in [0, 0.1) is 0 Å². The van der Waals surface area contributed by atoms with Crippen molar-refractivity contribution in [3.63, 3.8) is 0 Å². The Labute approximate surface area is 165 Å². The van der Waals surface area contributed by atoms with Gasteiger partial charge in [-0.1, -0.05) is 18.2 Å². The number of carbonyl (C=O) groups excluding carboxylic acids is 1. The molecule has 0 radical (unpaired) electrons. The summed E-state index contributed by atoms with van der Waals surface area (Å²) in [4.78, 5) is 17.3. The molecule has 1 atom stereocenters. The van der Waals surface area contributed by atoms with Crippen LogP contribution in [-0.4, -0.2) is 61.0 Å². The molecule has 7 heteroatoms. The maximum absolute atomic E-state index is 12.9. The first kappa shape index (κ1) is 19.7. The average molecular weight is 392 g/mol. The zero-order valence-electron chi connectivity index (χ0n) is 15.3. The Morgan fingerprint density at radius 1 is 1.15 bits per heavy atom. The number of carbonyl (C=O) groups is 1. The van der Waals surface area contributed by atoms with E-state index in [9.17, 15) is 4.79 Å². The number of hydrogen-bond donors (Lipinski definition) is 1. The van der Waals surface area contributed by atoms with Crippen LogP contribution < -0.4 is 10.1 Å². The quantitative estimate of drug-likeness (QED) is 0.848. The number of piperazine rings is 1. The summed E-state index contributed by atoms with van der Waals surface area (Å²) in [6.45, 7) is 6.07. The van der Waals surface area contributed by atoms with Gasteiger partial charge in [-0.15, -0.1) is 12.4 Å². The summed E-state index contributed by atoms with van der Waals surface area (Å²) in [5, 5.41) is 3.38. The molecule has 0 bridgehead atoms. The highest BCUT2D eigenvalue weighted by atomic mass is 35.5. The van der Waals surface area contributed by atoms with Crippen LogP contribution in [0.2, 0.25) is 0 Å². The van der Waals surface area contributed by atoms with Gasteiger partial charge in [0.05, 0.1) is 6.26 Å². The van der Waals surface area contributed by atoms with E-state index >= 15 is 0 Å². The van der Waals surface area contributed by atoms with Crippen LogP contribution in [-0.2, 0) is 6.61 Å². The number of rotatable bonds is 5. The molecule has 2 fully saturated rings. The number of nitrogens with zero attached hydrogens (tertiary/aromatic N) is 2. The second-order valence-electron chi connectivity index (χ2n) is 6.86. The second kappa shape index (κ2) is 9.26. The molecule has 2 aliphatic heterocycles. The Balaban J connectivity index is 0.00000210. The second-order valence-corrected chi connectivity index (χ2v) is 6.86. The lowest BCUT2D eigenvalue weighted by molar-refractivity contribution is 0.0738. The first-order valence-corrected chi connectivity index (χ1v) is 9.29. The van der Waals surface area contributed by atoms with E-state index in [1.54, 1.807) is 6.26 Å². The monoisotopic (exact) mass is 391 g/mol. The number of para-hydroxylation sites is 1. The highest BCUT2D eigenvalue weighted by Crippen LogP contribution is 2.22. The van der Waals surface area contributed by atoms with Crippen molar-refractivity contribution in [2.45, 2.75) is 19.1 Å². The first-order chi connectivity index (χ1) is 12.8. The van der Waals surface area contributed by atoms with E-state index in [0.717, 1.165) is 57.0 Å². The maximum Gasteiger partial charge on any atom is 0.290 e. The Morgan fingerprint density at radius 3 is 2.70 bits per heavy atom. The van der Waals surface area contributed by atoms with Gasteiger partial charge in [-0.25, -0.2) is 0 Å². The summed E-state index contributed by atoms with van der Waals surface area (Å²) < 4.78 is 11.3. The van der Waals surface area contributed by atoms with Crippen LogP contribution in [0.4, 0.5) is 0 Å². The zero-order valence-corrected chi connectivity index (χ0v) is 16.1. The Hall–Kier alpha value is -2.02.